The number of allylic oxidation sites excluding steroid dienone is 1. The Labute approximate surface area is 264 Å². The molecule has 0 N–H and O–H groups in total. The van der Waals surface area contributed by atoms with Crippen molar-refractivity contribution in [1.82, 2.24) is 34.9 Å². The molecule has 0 amide bonds. The standard InChI is InChI=1S/C28H22B3N15/c1-3-12-36-26(32-2)41-23-20(9-4-13-33-23)44-29(41)45-21-10-5-14-34-24(21)42(27-37-16-7-17-38-27)31(45)46-22-11-6-15-35-25(22)43(30(44)46)28-39-18-8-19-40-28/h3-19H,2H2,1H3/b12-3-,36-26+. The van der Waals surface area contributed by atoms with Gasteiger partial charge in [0.25, 0.3) is 0 Å². The van der Waals surface area contributed by atoms with Gasteiger partial charge in [0.05, 0.1) is 17.1 Å². The van der Waals surface area contributed by atoms with Gasteiger partial charge in [0, 0.05) is 49.6 Å². The number of aromatic nitrogens is 7. The molecular formula is C28H22B3N15. The van der Waals surface area contributed by atoms with Crippen LogP contribution in [-0.2, 0) is 0 Å². The van der Waals surface area contributed by atoms with Gasteiger partial charge < -0.3 is 14.2 Å². The van der Waals surface area contributed by atoms with Crippen molar-refractivity contribution >= 4 is 80.4 Å². The van der Waals surface area contributed by atoms with E-state index in [9.17, 15) is 0 Å². The highest BCUT2D eigenvalue weighted by molar-refractivity contribution is 7.11. The van der Waals surface area contributed by atoms with E-state index in [1.54, 1.807) is 61.7 Å². The Morgan fingerprint density at radius 1 is 0.609 bits per heavy atom. The summed E-state index contributed by atoms with van der Waals surface area (Å²) in [5.41, 5.74) is 2.59. The first-order valence-electron chi connectivity index (χ1n) is 14.6. The maximum absolute atomic E-state index is 4.89. The molecule has 0 unspecified atom stereocenters. The number of hydrogen-bond acceptors (Lipinski definition) is 13. The zero-order valence-corrected chi connectivity index (χ0v) is 24.5. The van der Waals surface area contributed by atoms with E-state index in [1.165, 1.54) is 0 Å². The highest BCUT2D eigenvalue weighted by Crippen LogP contribution is 2.54. The van der Waals surface area contributed by atoms with E-state index >= 15 is 0 Å². The van der Waals surface area contributed by atoms with Gasteiger partial charge >= 0.3 is 21.4 Å². The first-order chi connectivity index (χ1) is 22.8. The van der Waals surface area contributed by atoms with Crippen LogP contribution in [-0.4, -0.2) is 68.9 Å². The largest absolute Gasteiger partial charge is 0.493 e. The Hall–Kier alpha value is -6.32. The highest BCUT2D eigenvalue weighted by Gasteiger charge is 2.71. The Bertz CT molecular complexity index is 1980. The molecule has 46 heavy (non-hydrogen) atoms. The first-order valence-corrected chi connectivity index (χ1v) is 14.6. The number of nitrogens with zero attached hydrogens (tertiary/aromatic N) is 15. The summed E-state index contributed by atoms with van der Waals surface area (Å²) in [4.78, 5) is 48.7. The molecule has 5 aromatic rings. The van der Waals surface area contributed by atoms with E-state index in [4.69, 9.17) is 39.9 Å². The van der Waals surface area contributed by atoms with Crippen molar-refractivity contribution in [3.8, 4) is 0 Å². The fourth-order valence-electron chi connectivity index (χ4n) is 6.65. The van der Waals surface area contributed by atoms with Crippen molar-refractivity contribution in [2.75, 3.05) is 28.6 Å². The number of hydrogen-bond donors (Lipinski definition) is 0. The molecule has 18 heteroatoms. The molecule has 1 fully saturated rings. The summed E-state index contributed by atoms with van der Waals surface area (Å²) in [6, 6.07) is 15.5. The number of aliphatic imine (C=N–C) groups is 2. The third-order valence-electron chi connectivity index (χ3n) is 8.23. The van der Waals surface area contributed by atoms with Gasteiger partial charge in [-0.05, 0) is 62.2 Å². The monoisotopic (exact) mass is 601 g/mol. The van der Waals surface area contributed by atoms with Crippen molar-refractivity contribution < 1.29 is 0 Å². The zero-order valence-electron chi connectivity index (χ0n) is 24.5. The summed E-state index contributed by atoms with van der Waals surface area (Å²) in [7, 11) is -1.61. The lowest BCUT2D eigenvalue weighted by molar-refractivity contribution is 1.08. The zero-order chi connectivity index (χ0) is 30.8. The van der Waals surface area contributed by atoms with Crippen LogP contribution >= 0.6 is 0 Å². The minimum Gasteiger partial charge on any atom is -0.380 e. The number of guanidine groups is 1. The highest BCUT2D eigenvalue weighted by atomic mass is 15.6. The summed E-state index contributed by atoms with van der Waals surface area (Å²) in [6.45, 7) is 5.81. The molecule has 0 atom stereocenters. The lowest BCUT2D eigenvalue weighted by Crippen LogP contribution is -2.84. The fourth-order valence-corrected chi connectivity index (χ4v) is 6.65. The summed E-state index contributed by atoms with van der Waals surface area (Å²) < 4.78 is 6.80. The summed E-state index contributed by atoms with van der Waals surface area (Å²) in [5, 5.41) is 0. The topological polar surface area (TPSA) is 134 Å². The number of pyridine rings is 3. The molecule has 4 aliphatic heterocycles. The van der Waals surface area contributed by atoms with Gasteiger partial charge in [0.15, 0.2) is 0 Å². The lowest BCUT2D eigenvalue weighted by atomic mass is 9.56. The number of anilines is 8. The maximum Gasteiger partial charge on any atom is 0.493 e. The first kappa shape index (κ1) is 26.1. The summed E-state index contributed by atoms with van der Waals surface area (Å²) >= 11 is 0. The summed E-state index contributed by atoms with van der Waals surface area (Å²) in [6.07, 6.45) is 15.8. The molecule has 0 radical (unpaired) electrons. The number of fused-ring (bicyclic) bond motifs is 12. The quantitative estimate of drug-likeness (QED) is 0.171. The predicted octanol–water partition coefficient (Wildman–Crippen LogP) is 2.95. The van der Waals surface area contributed by atoms with Crippen LogP contribution in [0.1, 0.15) is 6.92 Å². The van der Waals surface area contributed by atoms with E-state index in [-0.39, 0.29) is 0 Å². The molecule has 15 nitrogen and oxygen atoms in total. The van der Waals surface area contributed by atoms with Crippen LogP contribution in [0.4, 0.5) is 46.4 Å². The van der Waals surface area contributed by atoms with Gasteiger partial charge in [-0.3, -0.25) is 14.4 Å². The van der Waals surface area contributed by atoms with E-state index in [1.807, 2.05) is 57.8 Å². The Kier molecular flexibility index (Phi) is 5.75. The van der Waals surface area contributed by atoms with Gasteiger partial charge in [-0.15, -0.1) is 0 Å². The van der Waals surface area contributed by atoms with Crippen molar-refractivity contribution in [2.24, 2.45) is 9.98 Å². The molecule has 0 aliphatic carbocycles. The van der Waals surface area contributed by atoms with Crippen LogP contribution in [0, 0.1) is 0 Å². The van der Waals surface area contributed by atoms with E-state index < -0.39 is 21.4 Å². The van der Waals surface area contributed by atoms with Gasteiger partial charge in [0.1, 0.15) is 17.5 Å². The molecule has 218 valence electrons. The lowest BCUT2D eigenvalue weighted by Gasteiger charge is -2.50. The van der Waals surface area contributed by atoms with Crippen molar-refractivity contribution in [2.45, 2.75) is 6.92 Å². The van der Waals surface area contributed by atoms with Crippen molar-refractivity contribution in [3.05, 3.63) is 104 Å². The van der Waals surface area contributed by atoms with Crippen LogP contribution in [0.3, 0.4) is 0 Å². The normalized spacial score (nSPS) is 16.1. The molecule has 9 heterocycles. The second kappa shape index (κ2) is 10.1. The van der Waals surface area contributed by atoms with E-state index in [0.717, 1.165) is 17.1 Å². The van der Waals surface area contributed by atoms with Gasteiger partial charge in [-0.1, -0.05) is 6.08 Å². The van der Waals surface area contributed by atoms with Crippen LogP contribution in [0.15, 0.2) is 114 Å². The summed E-state index contributed by atoms with van der Waals surface area (Å²) in [5.74, 6) is 3.43. The van der Waals surface area contributed by atoms with Crippen molar-refractivity contribution in [3.63, 3.8) is 0 Å². The number of rotatable bonds is 3. The molecule has 9 rings (SSSR count). The Morgan fingerprint density at radius 2 is 1.04 bits per heavy atom. The Balaban J connectivity index is 1.37. The smallest absolute Gasteiger partial charge is 0.380 e. The molecule has 1 saturated heterocycles. The van der Waals surface area contributed by atoms with Crippen LogP contribution < -0.4 is 28.6 Å². The minimum atomic E-state index is -0.553. The predicted molar refractivity (Wildman–Crippen MR) is 180 cm³/mol. The second-order valence-electron chi connectivity index (χ2n) is 10.6. The van der Waals surface area contributed by atoms with Crippen LogP contribution in [0.2, 0.25) is 0 Å². The average molecular weight is 601 g/mol. The third kappa shape index (κ3) is 3.48. The minimum absolute atomic E-state index is 0.383. The second-order valence-corrected chi connectivity index (χ2v) is 10.6. The van der Waals surface area contributed by atoms with Gasteiger partial charge in [-0.25, -0.2) is 44.9 Å². The average Bonchev–Trinajstić information content (AvgIpc) is 3.76. The molecule has 4 aliphatic rings. The molecule has 0 spiro atoms. The SMILES string of the molecule is C=N/C(=N\C=C/C)N1B2N(B3N(B4N2c2cccnc2N4c2ncccn2)c2cccnc2N3c2ncccn2)c2cccnc21. The third-order valence-corrected chi connectivity index (χ3v) is 8.23. The van der Waals surface area contributed by atoms with Crippen LogP contribution in [0.25, 0.3) is 0 Å². The molecule has 0 aromatic carbocycles. The van der Waals surface area contributed by atoms with E-state index in [0.29, 0.717) is 35.3 Å². The van der Waals surface area contributed by atoms with Gasteiger partial charge in [-0.2, -0.15) is 0 Å². The fraction of sp³-hybridized carbons (Fsp3) is 0.0357. The van der Waals surface area contributed by atoms with E-state index in [2.05, 4.69) is 31.9 Å². The van der Waals surface area contributed by atoms with Gasteiger partial charge in [0.2, 0.25) is 17.9 Å². The Morgan fingerprint density at radius 3 is 1.52 bits per heavy atom. The molecule has 0 bridgehead atoms. The molecule has 0 saturated carbocycles. The maximum atomic E-state index is 4.89. The molecule has 5 aromatic heterocycles. The molecular weight excluding hydrogens is 579 g/mol. The van der Waals surface area contributed by atoms with Crippen LogP contribution in [0.5, 0.6) is 0 Å². The van der Waals surface area contributed by atoms with Crippen molar-refractivity contribution in [1.29, 1.82) is 0 Å².